The van der Waals surface area contributed by atoms with Crippen LogP contribution in [0.2, 0.25) is 20.1 Å². The Morgan fingerprint density at radius 1 is 0.514 bits per heavy atom. The average molecular weight is 548 g/mol. The molecule has 0 aromatic heterocycles. The molecule has 4 rings (SSSR count). The van der Waals surface area contributed by atoms with Crippen LogP contribution >= 0.6 is 46.4 Å². The van der Waals surface area contributed by atoms with Gasteiger partial charge in [-0.1, -0.05) is 94.9 Å². The van der Waals surface area contributed by atoms with E-state index in [1.54, 1.807) is 26.4 Å². The average Bonchev–Trinajstić information content (AvgIpc) is 2.89. The Morgan fingerprint density at radius 2 is 0.886 bits per heavy atom. The van der Waals surface area contributed by atoms with Crippen LogP contribution in [-0.4, -0.2) is 14.2 Å². The molecule has 0 saturated carbocycles. The van der Waals surface area contributed by atoms with E-state index >= 15 is 0 Å². The maximum Gasteiger partial charge on any atom is 0.118 e. The fraction of sp³-hybridized carbons (Fsp3) is 0.143. The molecule has 7 heteroatoms. The van der Waals surface area contributed by atoms with Gasteiger partial charge in [0.05, 0.1) is 34.3 Å². The molecule has 0 amide bonds. The molecule has 0 radical (unpaired) electrons. The lowest BCUT2D eigenvalue weighted by atomic mass is 9.97. The highest BCUT2D eigenvalue weighted by Gasteiger charge is 2.27. The first kappa shape index (κ1) is 25.7. The van der Waals surface area contributed by atoms with Crippen molar-refractivity contribution in [1.82, 2.24) is 0 Å². The predicted molar refractivity (Wildman–Crippen MR) is 144 cm³/mol. The molecule has 0 heterocycles. The largest absolute Gasteiger partial charge is 0.497 e. The van der Waals surface area contributed by atoms with E-state index < -0.39 is 12.2 Å². The van der Waals surface area contributed by atoms with Gasteiger partial charge in [0, 0.05) is 11.1 Å². The summed E-state index contributed by atoms with van der Waals surface area (Å²) >= 11 is 26.1. The molecule has 180 valence electrons. The molecule has 3 nitrogen and oxygen atoms in total. The van der Waals surface area contributed by atoms with Crippen LogP contribution in [0, 0.1) is 0 Å². The lowest BCUT2D eigenvalue weighted by molar-refractivity contribution is 0.0309. The number of rotatable bonds is 8. The number of methoxy groups -OCH3 is 2. The molecule has 0 aliphatic heterocycles. The molecule has 4 aromatic carbocycles. The second kappa shape index (κ2) is 11.6. The van der Waals surface area contributed by atoms with E-state index in [0.29, 0.717) is 20.1 Å². The minimum Gasteiger partial charge on any atom is -0.497 e. The molecule has 0 aliphatic rings. The van der Waals surface area contributed by atoms with Crippen molar-refractivity contribution in [3.63, 3.8) is 0 Å². The van der Waals surface area contributed by atoms with Gasteiger partial charge in [0.1, 0.15) is 23.7 Å². The molecule has 0 saturated heterocycles. The van der Waals surface area contributed by atoms with Gasteiger partial charge < -0.3 is 14.2 Å². The van der Waals surface area contributed by atoms with Crippen LogP contribution in [0.1, 0.15) is 34.5 Å². The van der Waals surface area contributed by atoms with Gasteiger partial charge in [-0.2, -0.15) is 0 Å². The van der Waals surface area contributed by atoms with E-state index in [9.17, 15) is 0 Å². The molecule has 4 aromatic rings. The maximum absolute atomic E-state index is 6.85. The zero-order valence-electron chi connectivity index (χ0n) is 19.0. The van der Waals surface area contributed by atoms with Gasteiger partial charge in [0.25, 0.3) is 0 Å². The lowest BCUT2D eigenvalue weighted by Gasteiger charge is -2.28. The van der Waals surface area contributed by atoms with Crippen LogP contribution in [-0.2, 0) is 4.74 Å². The fourth-order valence-corrected chi connectivity index (χ4v) is 4.62. The summed E-state index contributed by atoms with van der Waals surface area (Å²) in [4.78, 5) is 0. The van der Waals surface area contributed by atoms with Gasteiger partial charge >= 0.3 is 0 Å². The summed E-state index contributed by atoms with van der Waals surface area (Å²) in [6.45, 7) is 0. The topological polar surface area (TPSA) is 27.7 Å². The number of halogens is 4. The molecule has 0 spiro atoms. The third kappa shape index (κ3) is 5.72. The second-order valence-electron chi connectivity index (χ2n) is 7.73. The molecular weight excluding hydrogens is 526 g/mol. The highest BCUT2D eigenvalue weighted by molar-refractivity contribution is 6.43. The van der Waals surface area contributed by atoms with Crippen molar-refractivity contribution in [2.75, 3.05) is 14.2 Å². The normalized spacial score (nSPS) is 12.7. The molecule has 0 bridgehead atoms. The van der Waals surface area contributed by atoms with E-state index in [1.165, 1.54) is 0 Å². The van der Waals surface area contributed by atoms with Crippen LogP contribution in [0.5, 0.6) is 11.5 Å². The van der Waals surface area contributed by atoms with Gasteiger partial charge in [-0.15, -0.1) is 0 Å². The van der Waals surface area contributed by atoms with Crippen LogP contribution in [0.3, 0.4) is 0 Å². The summed E-state index contributed by atoms with van der Waals surface area (Å²) in [6, 6.07) is 26.2. The minimum absolute atomic E-state index is 0.417. The van der Waals surface area contributed by atoms with E-state index in [0.717, 1.165) is 33.8 Å². The molecule has 0 N–H and O–H groups in total. The third-order valence-electron chi connectivity index (χ3n) is 5.64. The molecule has 35 heavy (non-hydrogen) atoms. The summed E-state index contributed by atoms with van der Waals surface area (Å²) < 4.78 is 17.5. The van der Waals surface area contributed by atoms with Gasteiger partial charge in [-0.25, -0.2) is 0 Å². The van der Waals surface area contributed by atoms with Gasteiger partial charge in [0.2, 0.25) is 0 Å². The van der Waals surface area contributed by atoms with E-state index in [2.05, 4.69) is 0 Å². The number of hydrogen-bond donors (Lipinski definition) is 0. The van der Waals surface area contributed by atoms with E-state index in [4.69, 9.17) is 60.6 Å². The minimum atomic E-state index is -0.575. The van der Waals surface area contributed by atoms with Crippen molar-refractivity contribution < 1.29 is 14.2 Å². The third-order valence-corrected chi connectivity index (χ3v) is 7.30. The first-order valence-electron chi connectivity index (χ1n) is 10.7. The Balaban J connectivity index is 1.87. The number of benzene rings is 4. The van der Waals surface area contributed by atoms with Crippen molar-refractivity contribution in [1.29, 1.82) is 0 Å². The molecule has 0 fully saturated rings. The van der Waals surface area contributed by atoms with Crippen molar-refractivity contribution in [2.24, 2.45) is 0 Å². The Hall–Kier alpha value is -2.40. The first-order chi connectivity index (χ1) is 16.9. The zero-order valence-corrected chi connectivity index (χ0v) is 22.0. The molecule has 2 unspecified atom stereocenters. The van der Waals surface area contributed by atoms with Gasteiger partial charge in [-0.05, 0) is 47.5 Å². The van der Waals surface area contributed by atoms with Gasteiger partial charge in [-0.3, -0.25) is 0 Å². The summed E-state index contributed by atoms with van der Waals surface area (Å²) in [5.74, 6) is 1.46. The summed E-state index contributed by atoms with van der Waals surface area (Å²) in [5.41, 5.74) is 3.18. The van der Waals surface area contributed by atoms with Crippen LogP contribution in [0.15, 0.2) is 84.9 Å². The van der Waals surface area contributed by atoms with Crippen LogP contribution in [0.4, 0.5) is 0 Å². The fourth-order valence-electron chi connectivity index (χ4n) is 3.80. The van der Waals surface area contributed by atoms with Crippen LogP contribution in [0.25, 0.3) is 0 Å². The van der Waals surface area contributed by atoms with E-state index in [1.807, 2.05) is 72.8 Å². The Labute approximate surface area is 225 Å². The number of ether oxygens (including phenoxy) is 3. The predicted octanol–water partition coefficient (Wildman–Crippen LogP) is 9.21. The molecule has 2 atom stereocenters. The molecule has 0 aliphatic carbocycles. The summed E-state index contributed by atoms with van der Waals surface area (Å²) in [6.07, 6.45) is -1.15. The SMILES string of the molecule is COc1ccc(C(OC(c2ccc(OC)cc2)c2cccc(Cl)c2Cl)c2cccc(Cl)c2Cl)cc1. The van der Waals surface area contributed by atoms with Gasteiger partial charge in [0.15, 0.2) is 0 Å². The van der Waals surface area contributed by atoms with Crippen molar-refractivity contribution in [3.05, 3.63) is 127 Å². The Morgan fingerprint density at radius 3 is 1.23 bits per heavy atom. The zero-order chi connectivity index (χ0) is 24.9. The second-order valence-corrected chi connectivity index (χ2v) is 9.30. The highest BCUT2D eigenvalue weighted by atomic mass is 35.5. The lowest BCUT2D eigenvalue weighted by Crippen LogP contribution is -2.14. The van der Waals surface area contributed by atoms with Crippen LogP contribution < -0.4 is 9.47 Å². The van der Waals surface area contributed by atoms with E-state index in [-0.39, 0.29) is 0 Å². The Kier molecular flexibility index (Phi) is 8.48. The number of hydrogen-bond acceptors (Lipinski definition) is 3. The van der Waals surface area contributed by atoms with Crippen molar-refractivity contribution in [2.45, 2.75) is 12.2 Å². The molecular formula is C28H22Cl4O3. The monoisotopic (exact) mass is 546 g/mol. The Bertz CT molecular complexity index is 1190. The smallest absolute Gasteiger partial charge is 0.118 e. The van der Waals surface area contributed by atoms with Crippen molar-refractivity contribution in [3.8, 4) is 11.5 Å². The quantitative estimate of drug-likeness (QED) is 0.220. The highest BCUT2D eigenvalue weighted by Crippen LogP contribution is 2.43. The standard InChI is InChI=1S/C28H22Cl4O3/c1-33-19-13-9-17(10-14-19)27(21-5-3-7-23(29)25(21)31)35-28(18-11-15-20(34-2)16-12-18)22-6-4-8-24(30)26(22)32/h3-16,27-28H,1-2H3. The first-order valence-corrected chi connectivity index (χ1v) is 12.2. The van der Waals surface area contributed by atoms with Crippen molar-refractivity contribution >= 4 is 46.4 Å². The summed E-state index contributed by atoms with van der Waals surface area (Å²) in [7, 11) is 3.25. The summed E-state index contributed by atoms with van der Waals surface area (Å²) in [5, 5.41) is 1.71. The maximum atomic E-state index is 6.85.